The maximum absolute atomic E-state index is 11.9. The minimum atomic E-state index is -0.0614. The van der Waals surface area contributed by atoms with Crippen molar-refractivity contribution in [3.05, 3.63) is 71.4 Å². The van der Waals surface area contributed by atoms with Crippen molar-refractivity contribution in [1.82, 2.24) is 19.9 Å². The first-order valence-electron chi connectivity index (χ1n) is 7.79. The Morgan fingerprint density at radius 1 is 1.28 bits per heavy atom. The number of carbonyl (C=O) groups is 1. The third-order valence-electron chi connectivity index (χ3n) is 3.46. The lowest BCUT2D eigenvalue weighted by molar-refractivity contribution is -0.121. The Morgan fingerprint density at radius 3 is 2.92 bits per heavy atom. The molecule has 0 aliphatic heterocycles. The van der Waals surface area contributed by atoms with Crippen LogP contribution in [0.25, 0.3) is 5.82 Å². The van der Waals surface area contributed by atoms with E-state index in [1.807, 2.05) is 47.2 Å². The predicted octanol–water partition coefficient (Wildman–Crippen LogP) is 3.12. The van der Waals surface area contributed by atoms with E-state index in [0.29, 0.717) is 19.6 Å². The van der Waals surface area contributed by atoms with E-state index in [1.54, 1.807) is 18.7 Å². The van der Waals surface area contributed by atoms with Crippen LogP contribution in [0, 0.1) is 0 Å². The van der Waals surface area contributed by atoms with Crippen LogP contribution in [0.2, 0.25) is 0 Å². The molecule has 25 heavy (non-hydrogen) atoms. The average molecular weight is 401 g/mol. The Balaban J connectivity index is 1.41. The zero-order valence-electron chi connectivity index (χ0n) is 13.4. The molecule has 0 atom stereocenters. The summed E-state index contributed by atoms with van der Waals surface area (Å²) in [5.74, 6) is 1.46. The van der Waals surface area contributed by atoms with Gasteiger partial charge >= 0.3 is 0 Å². The van der Waals surface area contributed by atoms with Crippen molar-refractivity contribution in [3.8, 4) is 11.6 Å². The smallest absolute Gasteiger partial charge is 0.223 e. The monoisotopic (exact) mass is 400 g/mol. The minimum absolute atomic E-state index is 0.0614. The molecule has 7 heteroatoms. The molecule has 1 aromatic carbocycles. The fourth-order valence-electron chi connectivity index (χ4n) is 2.18. The van der Waals surface area contributed by atoms with E-state index < -0.39 is 0 Å². The molecule has 1 amide bonds. The first-order valence-corrected chi connectivity index (χ1v) is 8.58. The zero-order valence-corrected chi connectivity index (χ0v) is 15.0. The van der Waals surface area contributed by atoms with Crippen LogP contribution in [0.1, 0.15) is 12.0 Å². The predicted molar refractivity (Wildman–Crippen MR) is 97.5 cm³/mol. The highest BCUT2D eigenvalue weighted by Gasteiger charge is 2.04. The van der Waals surface area contributed by atoms with Gasteiger partial charge in [0, 0.05) is 29.6 Å². The van der Waals surface area contributed by atoms with Crippen molar-refractivity contribution in [2.45, 2.75) is 13.0 Å². The summed E-state index contributed by atoms with van der Waals surface area (Å²) in [4.78, 5) is 20.2. The summed E-state index contributed by atoms with van der Waals surface area (Å²) in [6.45, 7) is 0.771. The fraction of sp³-hybridized carbons (Fsp3) is 0.167. The number of imidazole rings is 1. The van der Waals surface area contributed by atoms with Crippen LogP contribution in [-0.4, -0.2) is 27.0 Å². The van der Waals surface area contributed by atoms with Crippen molar-refractivity contribution >= 4 is 21.8 Å². The molecule has 0 unspecified atom stereocenters. The largest absolute Gasteiger partial charge is 0.493 e. The summed E-state index contributed by atoms with van der Waals surface area (Å²) in [5, 5.41) is 2.86. The molecule has 6 nitrogen and oxygen atoms in total. The molecule has 0 saturated heterocycles. The SMILES string of the molecule is O=C(CCOc1cccc(Br)c1)NCc1ccc(-n2ccnc2)nc1. The summed E-state index contributed by atoms with van der Waals surface area (Å²) in [6, 6.07) is 11.4. The van der Waals surface area contributed by atoms with E-state index >= 15 is 0 Å². The summed E-state index contributed by atoms with van der Waals surface area (Å²) < 4.78 is 8.32. The van der Waals surface area contributed by atoms with E-state index in [2.05, 4.69) is 31.2 Å². The van der Waals surface area contributed by atoms with E-state index in [-0.39, 0.29) is 5.91 Å². The van der Waals surface area contributed by atoms with Crippen LogP contribution in [0.15, 0.2) is 65.8 Å². The fourth-order valence-corrected chi connectivity index (χ4v) is 2.55. The van der Waals surface area contributed by atoms with Crippen LogP contribution in [-0.2, 0) is 11.3 Å². The van der Waals surface area contributed by atoms with Gasteiger partial charge in [0.05, 0.1) is 13.0 Å². The number of hydrogen-bond acceptors (Lipinski definition) is 4. The average Bonchev–Trinajstić information content (AvgIpc) is 3.15. The number of nitrogens with zero attached hydrogens (tertiary/aromatic N) is 3. The van der Waals surface area contributed by atoms with Gasteiger partial charge in [-0.1, -0.05) is 28.1 Å². The summed E-state index contributed by atoms with van der Waals surface area (Å²) in [7, 11) is 0. The van der Waals surface area contributed by atoms with Crippen molar-refractivity contribution < 1.29 is 9.53 Å². The van der Waals surface area contributed by atoms with Gasteiger partial charge in [-0.25, -0.2) is 9.97 Å². The number of pyridine rings is 1. The lowest BCUT2D eigenvalue weighted by atomic mass is 10.2. The number of rotatable bonds is 7. The van der Waals surface area contributed by atoms with Crippen LogP contribution in [0.3, 0.4) is 0 Å². The van der Waals surface area contributed by atoms with Crippen molar-refractivity contribution in [3.63, 3.8) is 0 Å². The number of amides is 1. The van der Waals surface area contributed by atoms with Gasteiger partial charge in [-0.15, -0.1) is 0 Å². The van der Waals surface area contributed by atoms with Gasteiger partial charge in [-0.05, 0) is 29.8 Å². The Labute approximate surface area is 154 Å². The van der Waals surface area contributed by atoms with Gasteiger partial charge in [-0.2, -0.15) is 0 Å². The molecule has 0 radical (unpaired) electrons. The highest BCUT2D eigenvalue weighted by molar-refractivity contribution is 9.10. The van der Waals surface area contributed by atoms with Gasteiger partial charge in [0.1, 0.15) is 17.9 Å². The highest BCUT2D eigenvalue weighted by atomic mass is 79.9. The van der Waals surface area contributed by atoms with Crippen LogP contribution < -0.4 is 10.1 Å². The second-order valence-corrected chi connectivity index (χ2v) is 6.24. The molecule has 2 heterocycles. The molecule has 3 rings (SSSR count). The minimum Gasteiger partial charge on any atom is -0.493 e. The maximum Gasteiger partial charge on any atom is 0.223 e. The first-order chi connectivity index (χ1) is 12.2. The van der Waals surface area contributed by atoms with Crippen LogP contribution >= 0.6 is 15.9 Å². The first kappa shape index (κ1) is 17.2. The molecule has 128 valence electrons. The number of halogens is 1. The van der Waals surface area contributed by atoms with Crippen molar-refractivity contribution in [1.29, 1.82) is 0 Å². The Hall–Kier alpha value is -2.67. The Kier molecular flexibility index (Phi) is 5.79. The van der Waals surface area contributed by atoms with Gasteiger partial charge < -0.3 is 10.1 Å². The Morgan fingerprint density at radius 2 is 2.20 bits per heavy atom. The van der Waals surface area contributed by atoms with E-state index in [0.717, 1.165) is 21.6 Å². The number of aromatic nitrogens is 3. The molecule has 0 fully saturated rings. The van der Waals surface area contributed by atoms with Crippen LogP contribution in [0.4, 0.5) is 0 Å². The standard InChI is InChI=1S/C18H17BrN4O2/c19-15-2-1-3-16(10-15)25-9-6-18(24)22-12-14-4-5-17(21-11-14)23-8-7-20-13-23/h1-5,7-8,10-11,13H,6,9,12H2,(H,22,24). The van der Waals surface area contributed by atoms with E-state index in [1.165, 1.54) is 0 Å². The normalized spacial score (nSPS) is 10.4. The van der Waals surface area contributed by atoms with Crippen LogP contribution in [0.5, 0.6) is 5.75 Å². The molecule has 0 aliphatic carbocycles. The van der Waals surface area contributed by atoms with Crippen molar-refractivity contribution in [2.75, 3.05) is 6.61 Å². The second-order valence-electron chi connectivity index (χ2n) is 5.33. The number of benzene rings is 1. The number of ether oxygens (including phenoxy) is 1. The highest BCUT2D eigenvalue weighted by Crippen LogP contribution is 2.17. The molecular formula is C18H17BrN4O2. The maximum atomic E-state index is 11.9. The Bertz CT molecular complexity index is 819. The number of hydrogen-bond donors (Lipinski definition) is 1. The van der Waals surface area contributed by atoms with Gasteiger partial charge in [-0.3, -0.25) is 9.36 Å². The number of nitrogens with one attached hydrogen (secondary N) is 1. The molecule has 2 aromatic heterocycles. The zero-order chi connectivity index (χ0) is 17.5. The molecule has 0 spiro atoms. The quantitative estimate of drug-likeness (QED) is 0.661. The molecule has 0 aliphatic rings. The topological polar surface area (TPSA) is 69.0 Å². The molecule has 1 N–H and O–H groups in total. The lowest BCUT2D eigenvalue weighted by Crippen LogP contribution is -2.24. The lowest BCUT2D eigenvalue weighted by Gasteiger charge is -2.08. The van der Waals surface area contributed by atoms with Crippen molar-refractivity contribution in [2.24, 2.45) is 0 Å². The van der Waals surface area contributed by atoms with Gasteiger partial charge in [0.2, 0.25) is 5.91 Å². The third-order valence-corrected chi connectivity index (χ3v) is 3.95. The summed E-state index contributed by atoms with van der Waals surface area (Å²) >= 11 is 3.38. The molecule has 0 bridgehead atoms. The summed E-state index contributed by atoms with van der Waals surface area (Å²) in [6.07, 6.45) is 7.26. The summed E-state index contributed by atoms with van der Waals surface area (Å²) in [5.41, 5.74) is 0.935. The van der Waals surface area contributed by atoms with Gasteiger partial charge in [0.25, 0.3) is 0 Å². The number of carbonyl (C=O) groups excluding carboxylic acids is 1. The van der Waals surface area contributed by atoms with Gasteiger partial charge in [0.15, 0.2) is 0 Å². The molecule has 3 aromatic rings. The van der Waals surface area contributed by atoms with E-state index in [9.17, 15) is 4.79 Å². The molecular weight excluding hydrogens is 384 g/mol. The van der Waals surface area contributed by atoms with E-state index in [4.69, 9.17) is 4.74 Å². The third kappa shape index (κ3) is 5.15. The molecule has 0 saturated carbocycles. The second kappa shape index (κ2) is 8.43.